The van der Waals surface area contributed by atoms with Crippen LogP contribution in [0.25, 0.3) is 0 Å². The topological polar surface area (TPSA) is 144 Å². The van der Waals surface area contributed by atoms with Crippen molar-refractivity contribution in [2.45, 2.75) is 19.8 Å². The van der Waals surface area contributed by atoms with Crippen molar-refractivity contribution >= 4 is 18.1 Å². The molecule has 0 unspecified atom stereocenters. The molecule has 4 N–H and O–H groups in total. The summed E-state index contributed by atoms with van der Waals surface area (Å²) in [5.74, 6) is -1.42. The van der Waals surface area contributed by atoms with Crippen molar-refractivity contribution in [2.24, 2.45) is 5.10 Å². The van der Waals surface area contributed by atoms with Gasteiger partial charge in [-0.05, 0) is 31.0 Å². The molecule has 0 fully saturated rings. The molecule has 1 heterocycles. The molecule has 9 heteroatoms. The molecule has 130 valence electrons. The zero-order valence-electron chi connectivity index (χ0n) is 13.3. The number of nitrogens with zero attached hydrogens (tertiary/aromatic N) is 1. The maximum absolute atomic E-state index is 11.8. The van der Waals surface area contributed by atoms with E-state index < -0.39 is 23.1 Å². The fourth-order valence-electron chi connectivity index (χ4n) is 2.11. The van der Waals surface area contributed by atoms with Crippen LogP contribution in [0.15, 0.2) is 39.0 Å². The molecule has 0 saturated carbocycles. The normalized spacial score (nSPS) is 10.8. The first-order chi connectivity index (χ1) is 11.9. The van der Waals surface area contributed by atoms with Gasteiger partial charge in [0, 0.05) is 17.7 Å². The number of hydrazone groups is 1. The fraction of sp³-hybridized carbons (Fsp3) is 0.188. The zero-order valence-corrected chi connectivity index (χ0v) is 13.3. The van der Waals surface area contributed by atoms with Gasteiger partial charge in [0.15, 0.2) is 0 Å². The average molecular weight is 344 g/mol. The summed E-state index contributed by atoms with van der Waals surface area (Å²) < 4.78 is 0. The number of nitrogens with one attached hydrogen (secondary N) is 3. The van der Waals surface area contributed by atoms with Crippen LogP contribution in [0.1, 0.15) is 33.6 Å². The van der Waals surface area contributed by atoms with Gasteiger partial charge in [0.25, 0.3) is 5.56 Å². The van der Waals surface area contributed by atoms with Crippen LogP contribution in [0.5, 0.6) is 0 Å². The number of aryl methyl sites for hydroxylation is 1. The third-order valence-corrected chi connectivity index (χ3v) is 3.42. The number of aromatic amines is 2. The highest BCUT2D eigenvalue weighted by molar-refractivity contribution is 5.89. The van der Waals surface area contributed by atoms with Gasteiger partial charge in [-0.3, -0.25) is 14.6 Å². The summed E-state index contributed by atoms with van der Waals surface area (Å²) in [5.41, 5.74) is 2.75. The minimum Gasteiger partial charge on any atom is -0.478 e. The van der Waals surface area contributed by atoms with E-state index in [1.54, 1.807) is 19.1 Å². The van der Waals surface area contributed by atoms with E-state index in [9.17, 15) is 19.2 Å². The first-order valence-corrected chi connectivity index (χ1v) is 7.34. The molecule has 0 aliphatic rings. The summed E-state index contributed by atoms with van der Waals surface area (Å²) in [6.45, 7) is 1.59. The van der Waals surface area contributed by atoms with Crippen molar-refractivity contribution in [3.63, 3.8) is 0 Å². The Morgan fingerprint density at radius 1 is 1.20 bits per heavy atom. The van der Waals surface area contributed by atoms with Gasteiger partial charge in [0.1, 0.15) is 0 Å². The first-order valence-electron chi connectivity index (χ1n) is 7.34. The second-order valence-corrected chi connectivity index (χ2v) is 5.23. The van der Waals surface area contributed by atoms with Gasteiger partial charge in [-0.1, -0.05) is 12.1 Å². The molecular weight excluding hydrogens is 328 g/mol. The number of aromatic nitrogens is 2. The third-order valence-electron chi connectivity index (χ3n) is 3.42. The van der Waals surface area contributed by atoms with Crippen LogP contribution in [0.2, 0.25) is 0 Å². The first kappa shape index (κ1) is 17.9. The molecular formula is C16H16N4O5. The Morgan fingerprint density at radius 2 is 1.88 bits per heavy atom. The van der Waals surface area contributed by atoms with Crippen molar-refractivity contribution in [1.29, 1.82) is 0 Å². The number of benzene rings is 1. The minimum absolute atomic E-state index is 0.0191. The maximum atomic E-state index is 11.8. The zero-order chi connectivity index (χ0) is 18.4. The summed E-state index contributed by atoms with van der Waals surface area (Å²) in [6, 6.07) is 5.97. The molecule has 1 aromatic carbocycles. The molecule has 1 aromatic heterocycles. The van der Waals surface area contributed by atoms with Crippen LogP contribution < -0.4 is 16.7 Å². The number of carboxylic acids is 1. The molecule has 0 saturated heterocycles. The molecule has 0 bridgehead atoms. The number of carboxylic acid groups (broad SMARTS) is 1. The van der Waals surface area contributed by atoms with Crippen LogP contribution in [0, 0.1) is 6.92 Å². The summed E-state index contributed by atoms with van der Waals surface area (Å²) in [5, 5.41) is 12.6. The monoisotopic (exact) mass is 344 g/mol. The second-order valence-electron chi connectivity index (χ2n) is 5.23. The van der Waals surface area contributed by atoms with Crippen LogP contribution in [0.3, 0.4) is 0 Å². The van der Waals surface area contributed by atoms with E-state index in [1.807, 2.05) is 0 Å². The Bertz CT molecular complexity index is 925. The molecule has 9 nitrogen and oxygen atoms in total. The Labute approximate surface area is 141 Å². The van der Waals surface area contributed by atoms with Gasteiger partial charge in [-0.2, -0.15) is 5.10 Å². The van der Waals surface area contributed by atoms with Gasteiger partial charge in [0.05, 0.1) is 11.8 Å². The largest absolute Gasteiger partial charge is 0.478 e. The summed E-state index contributed by atoms with van der Waals surface area (Å²) in [7, 11) is 0. The molecule has 2 rings (SSSR count). The lowest BCUT2D eigenvalue weighted by Gasteiger charge is -2.03. The highest BCUT2D eigenvalue weighted by Gasteiger charge is 2.08. The minimum atomic E-state index is -1.02. The van der Waals surface area contributed by atoms with Crippen molar-refractivity contribution in [3.05, 3.63) is 67.5 Å². The average Bonchev–Trinajstić information content (AvgIpc) is 2.54. The number of carbonyl (C=O) groups excluding carboxylic acids is 1. The smallest absolute Gasteiger partial charge is 0.335 e. The van der Waals surface area contributed by atoms with E-state index in [0.717, 1.165) is 0 Å². The predicted octanol–water partition coefficient (Wildman–Crippen LogP) is 0.153. The number of hydrogen-bond donors (Lipinski definition) is 4. The summed E-state index contributed by atoms with van der Waals surface area (Å²) >= 11 is 0. The van der Waals surface area contributed by atoms with Gasteiger partial charge in [0.2, 0.25) is 5.91 Å². The van der Waals surface area contributed by atoms with Crippen molar-refractivity contribution < 1.29 is 14.7 Å². The molecule has 0 atom stereocenters. The molecule has 0 aliphatic heterocycles. The fourth-order valence-corrected chi connectivity index (χ4v) is 2.11. The summed E-state index contributed by atoms with van der Waals surface area (Å²) in [6.07, 6.45) is 1.56. The van der Waals surface area contributed by atoms with Gasteiger partial charge < -0.3 is 10.1 Å². The van der Waals surface area contributed by atoms with Gasteiger partial charge in [-0.15, -0.1) is 0 Å². The van der Waals surface area contributed by atoms with Crippen LogP contribution >= 0.6 is 0 Å². The summed E-state index contributed by atoms with van der Waals surface area (Å²) in [4.78, 5) is 49.8. The quantitative estimate of drug-likeness (QED) is 0.435. The Kier molecular flexibility index (Phi) is 5.62. The predicted molar refractivity (Wildman–Crippen MR) is 89.9 cm³/mol. The van der Waals surface area contributed by atoms with Crippen LogP contribution in [-0.4, -0.2) is 33.2 Å². The van der Waals surface area contributed by atoms with E-state index in [2.05, 4.69) is 20.5 Å². The molecule has 1 amide bonds. The molecule has 2 aromatic rings. The van der Waals surface area contributed by atoms with Crippen molar-refractivity contribution in [3.8, 4) is 0 Å². The van der Waals surface area contributed by atoms with E-state index in [1.165, 1.54) is 18.3 Å². The van der Waals surface area contributed by atoms with E-state index in [0.29, 0.717) is 16.8 Å². The Balaban J connectivity index is 1.89. The highest BCUT2D eigenvalue weighted by Crippen LogP contribution is 2.02. The van der Waals surface area contributed by atoms with Crippen molar-refractivity contribution in [1.82, 2.24) is 15.4 Å². The Morgan fingerprint density at radius 3 is 2.48 bits per heavy atom. The van der Waals surface area contributed by atoms with E-state index >= 15 is 0 Å². The Hall–Kier alpha value is -3.49. The molecule has 0 radical (unpaired) electrons. The number of amides is 1. The van der Waals surface area contributed by atoms with E-state index in [-0.39, 0.29) is 18.4 Å². The molecule has 0 spiro atoms. The standard InChI is InChI=1S/C16H16N4O5/c1-9-12(14(22)19-16(25)18-9)6-7-13(21)20-17-8-10-2-4-11(5-3-10)15(23)24/h2-5,8H,6-7H2,1H3,(H,20,21)(H,23,24)(H2,18,19,22,25)/b17-8+. The lowest BCUT2D eigenvalue weighted by molar-refractivity contribution is -0.121. The van der Waals surface area contributed by atoms with Gasteiger partial charge >= 0.3 is 11.7 Å². The lowest BCUT2D eigenvalue weighted by Crippen LogP contribution is -2.28. The van der Waals surface area contributed by atoms with Crippen LogP contribution in [-0.2, 0) is 11.2 Å². The molecule has 25 heavy (non-hydrogen) atoms. The lowest BCUT2D eigenvalue weighted by atomic mass is 10.1. The van der Waals surface area contributed by atoms with E-state index in [4.69, 9.17) is 5.11 Å². The third kappa shape index (κ3) is 4.99. The number of H-pyrrole nitrogens is 2. The van der Waals surface area contributed by atoms with Crippen LogP contribution in [0.4, 0.5) is 0 Å². The number of carbonyl (C=O) groups is 2. The number of rotatable bonds is 6. The van der Waals surface area contributed by atoms with Gasteiger partial charge in [-0.25, -0.2) is 15.0 Å². The number of aromatic carboxylic acids is 1. The maximum Gasteiger partial charge on any atom is 0.335 e. The molecule has 0 aliphatic carbocycles. The SMILES string of the molecule is Cc1[nH]c(=O)[nH]c(=O)c1CCC(=O)N/N=C/c1ccc(C(=O)O)cc1. The highest BCUT2D eigenvalue weighted by atomic mass is 16.4. The van der Waals surface area contributed by atoms with Crippen molar-refractivity contribution in [2.75, 3.05) is 0 Å². The second kappa shape index (κ2) is 7.86. The number of hydrogen-bond acceptors (Lipinski definition) is 5.